The van der Waals surface area contributed by atoms with Crippen LogP contribution in [0.1, 0.15) is 18.9 Å². The summed E-state index contributed by atoms with van der Waals surface area (Å²) in [6, 6.07) is 0. The SMILES string of the molecule is CNc1ncc(C)c(NCC(C)(O)CCOC)n1. The summed E-state index contributed by atoms with van der Waals surface area (Å²) in [6.45, 7) is 4.64. The van der Waals surface area contributed by atoms with Gasteiger partial charge in [-0.2, -0.15) is 4.98 Å². The Morgan fingerprint density at radius 2 is 2.22 bits per heavy atom. The Balaban J connectivity index is 2.62. The van der Waals surface area contributed by atoms with E-state index in [9.17, 15) is 5.11 Å². The molecule has 0 aliphatic rings. The molecule has 3 N–H and O–H groups in total. The van der Waals surface area contributed by atoms with E-state index in [0.717, 1.165) is 11.4 Å². The second-order valence-corrected chi connectivity index (χ2v) is 4.57. The third-order valence-corrected chi connectivity index (χ3v) is 2.68. The van der Waals surface area contributed by atoms with Gasteiger partial charge in [0.05, 0.1) is 5.60 Å². The highest BCUT2D eigenvalue weighted by atomic mass is 16.5. The second kappa shape index (κ2) is 6.51. The van der Waals surface area contributed by atoms with Crippen LogP contribution in [0.4, 0.5) is 11.8 Å². The van der Waals surface area contributed by atoms with Crippen LogP contribution in [0, 0.1) is 6.92 Å². The summed E-state index contributed by atoms with van der Waals surface area (Å²) >= 11 is 0. The molecule has 1 rings (SSSR count). The predicted octanol–water partition coefficient (Wildman–Crippen LogP) is 1.03. The number of rotatable bonds is 7. The number of aromatic nitrogens is 2. The Bertz CT molecular complexity index is 382. The van der Waals surface area contributed by atoms with Crippen molar-refractivity contribution >= 4 is 11.8 Å². The zero-order valence-electron chi connectivity index (χ0n) is 11.4. The summed E-state index contributed by atoms with van der Waals surface area (Å²) in [5, 5.41) is 16.1. The number of nitrogens with zero attached hydrogens (tertiary/aromatic N) is 2. The minimum Gasteiger partial charge on any atom is -0.388 e. The lowest BCUT2D eigenvalue weighted by atomic mass is 10.0. The first-order valence-electron chi connectivity index (χ1n) is 5.95. The maximum absolute atomic E-state index is 10.1. The van der Waals surface area contributed by atoms with Crippen LogP contribution in [-0.4, -0.2) is 48.0 Å². The van der Waals surface area contributed by atoms with Crippen molar-refractivity contribution in [1.82, 2.24) is 9.97 Å². The van der Waals surface area contributed by atoms with Crippen molar-refractivity contribution in [2.75, 3.05) is 37.9 Å². The van der Waals surface area contributed by atoms with Crippen LogP contribution in [0.25, 0.3) is 0 Å². The summed E-state index contributed by atoms with van der Waals surface area (Å²) in [5.74, 6) is 1.28. The lowest BCUT2D eigenvalue weighted by Gasteiger charge is -2.24. The van der Waals surface area contributed by atoms with Crippen molar-refractivity contribution in [2.24, 2.45) is 0 Å². The van der Waals surface area contributed by atoms with Gasteiger partial charge in [0.15, 0.2) is 0 Å². The summed E-state index contributed by atoms with van der Waals surface area (Å²) in [6.07, 6.45) is 2.31. The zero-order chi connectivity index (χ0) is 13.6. The number of ether oxygens (including phenoxy) is 1. The highest BCUT2D eigenvalue weighted by Crippen LogP contribution is 2.15. The minimum atomic E-state index is -0.826. The van der Waals surface area contributed by atoms with E-state index in [1.54, 1.807) is 27.3 Å². The first kappa shape index (κ1) is 14.7. The van der Waals surface area contributed by atoms with Gasteiger partial charge >= 0.3 is 0 Å². The molecular weight excluding hydrogens is 232 g/mol. The molecule has 0 bridgehead atoms. The van der Waals surface area contributed by atoms with Gasteiger partial charge in [0.1, 0.15) is 5.82 Å². The van der Waals surface area contributed by atoms with Crippen molar-refractivity contribution in [1.29, 1.82) is 0 Å². The van der Waals surface area contributed by atoms with Crippen LogP contribution >= 0.6 is 0 Å². The lowest BCUT2D eigenvalue weighted by Crippen LogP contribution is -2.35. The minimum absolute atomic E-state index is 0.414. The molecule has 1 aromatic heterocycles. The summed E-state index contributed by atoms with van der Waals surface area (Å²) in [5.41, 5.74) is 0.115. The smallest absolute Gasteiger partial charge is 0.224 e. The van der Waals surface area contributed by atoms with Gasteiger partial charge in [-0.25, -0.2) is 4.98 Å². The van der Waals surface area contributed by atoms with Crippen molar-refractivity contribution < 1.29 is 9.84 Å². The molecule has 0 aliphatic heterocycles. The lowest BCUT2D eigenvalue weighted by molar-refractivity contribution is 0.0357. The molecule has 0 radical (unpaired) electrons. The molecule has 1 unspecified atom stereocenters. The Morgan fingerprint density at radius 1 is 1.50 bits per heavy atom. The summed E-state index contributed by atoms with van der Waals surface area (Å²) in [4.78, 5) is 8.41. The normalized spacial score (nSPS) is 14.1. The molecule has 0 aromatic carbocycles. The molecule has 1 heterocycles. The average Bonchev–Trinajstić information content (AvgIpc) is 2.35. The van der Waals surface area contributed by atoms with Gasteiger partial charge in [0.25, 0.3) is 0 Å². The zero-order valence-corrected chi connectivity index (χ0v) is 11.4. The van der Waals surface area contributed by atoms with Crippen LogP contribution in [0.15, 0.2) is 6.20 Å². The third kappa shape index (κ3) is 4.46. The maximum Gasteiger partial charge on any atom is 0.224 e. The first-order chi connectivity index (χ1) is 8.48. The maximum atomic E-state index is 10.1. The van der Waals surface area contributed by atoms with Crippen LogP contribution in [-0.2, 0) is 4.74 Å². The molecule has 6 nitrogen and oxygen atoms in total. The molecule has 1 atom stereocenters. The Hall–Kier alpha value is -1.40. The van der Waals surface area contributed by atoms with E-state index in [4.69, 9.17) is 4.74 Å². The molecule has 0 saturated heterocycles. The van der Waals surface area contributed by atoms with Crippen LogP contribution in [0.5, 0.6) is 0 Å². The van der Waals surface area contributed by atoms with Gasteiger partial charge in [-0.1, -0.05) is 0 Å². The third-order valence-electron chi connectivity index (χ3n) is 2.68. The van der Waals surface area contributed by atoms with Gasteiger partial charge < -0.3 is 20.5 Å². The molecule has 102 valence electrons. The number of methoxy groups -OCH3 is 1. The standard InChI is InChI=1S/C12H22N4O2/c1-9-7-14-11(13-3)16-10(9)15-8-12(2,17)5-6-18-4/h7,17H,5-6,8H2,1-4H3,(H2,13,14,15,16). The average molecular weight is 254 g/mol. The van der Waals surface area contributed by atoms with Crippen LogP contribution < -0.4 is 10.6 Å². The Labute approximate surface area is 108 Å². The summed E-state index contributed by atoms with van der Waals surface area (Å²) < 4.78 is 4.97. The highest BCUT2D eigenvalue weighted by molar-refractivity contribution is 5.46. The molecule has 0 spiro atoms. The molecule has 0 saturated carbocycles. The molecule has 0 aliphatic carbocycles. The number of hydrogen-bond donors (Lipinski definition) is 3. The highest BCUT2D eigenvalue weighted by Gasteiger charge is 2.20. The first-order valence-corrected chi connectivity index (χ1v) is 5.95. The van der Waals surface area contributed by atoms with Crippen molar-refractivity contribution in [2.45, 2.75) is 25.9 Å². The fourth-order valence-electron chi connectivity index (χ4n) is 1.43. The van der Waals surface area contributed by atoms with E-state index in [1.165, 1.54) is 0 Å². The number of anilines is 2. The van der Waals surface area contributed by atoms with Gasteiger partial charge in [-0.3, -0.25) is 0 Å². The molecular formula is C12H22N4O2. The van der Waals surface area contributed by atoms with E-state index in [2.05, 4.69) is 20.6 Å². The van der Waals surface area contributed by atoms with Crippen LogP contribution in [0.2, 0.25) is 0 Å². The monoisotopic (exact) mass is 254 g/mol. The van der Waals surface area contributed by atoms with Crippen molar-refractivity contribution in [3.8, 4) is 0 Å². The van der Waals surface area contributed by atoms with E-state index in [0.29, 0.717) is 25.5 Å². The van der Waals surface area contributed by atoms with Gasteiger partial charge in [0.2, 0.25) is 5.95 Å². The fraction of sp³-hybridized carbons (Fsp3) is 0.667. The Kier molecular flexibility index (Phi) is 5.30. The largest absolute Gasteiger partial charge is 0.388 e. The van der Waals surface area contributed by atoms with E-state index < -0.39 is 5.60 Å². The fourth-order valence-corrected chi connectivity index (χ4v) is 1.43. The van der Waals surface area contributed by atoms with Crippen molar-refractivity contribution in [3.05, 3.63) is 11.8 Å². The van der Waals surface area contributed by atoms with Gasteiger partial charge in [-0.15, -0.1) is 0 Å². The number of nitrogens with one attached hydrogen (secondary N) is 2. The second-order valence-electron chi connectivity index (χ2n) is 4.57. The van der Waals surface area contributed by atoms with E-state index in [1.807, 2.05) is 6.92 Å². The number of hydrogen-bond acceptors (Lipinski definition) is 6. The Morgan fingerprint density at radius 3 is 2.83 bits per heavy atom. The van der Waals surface area contributed by atoms with E-state index >= 15 is 0 Å². The number of aryl methyl sites for hydroxylation is 1. The van der Waals surface area contributed by atoms with Gasteiger partial charge in [0, 0.05) is 45.5 Å². The van der Waals surface area contributed by atoms with E-state index in [-0.39, 0.29) is 0 Å². The van der Waals surface area contributed by atoms with Gasteiger partial charge in [-0.05, 0) is 13.8 Å². The van der Waals surface area contributed by atoms with Crippen LogP contribution in [0.3, 0.4) is 0 Å². The molecule has 18 heavy (non-hydrogen) atoms. The molecule has 6 heteroatoms. The predicted molar refractivity (Wildman–Crippen MR) is 71.9 cm³/mol. The molecule has 1 aromatic rings. The molecule has 0 fully saturated rings. The van der Waals surface area contributed by atoms with Crippen molar-refractivity contribution in [3.63, 3.8) is 0 Å². The number of aliphatic hydroxyl groups is 1. The molecule has 0 amide bonds. The topological polar surface area (TPSA) is 79.3 Å². The quantitative estimate of drug-likeness (QED) is 0.674. The summed E-state index contributed by atoms with van der Waals surface area (Å²) in [7, 11) is 3.39.